The van der Waals surface area contributed by atoms with Crippen molar-refractivity contribution < 1.29 is 4.74 Å². The fourth-order valence-electron chi connectivity index (χ4n) is 1.78. The number of ether oxygens (including phenoxy) is 1. The van der Waals surface area contributed by atoms with Crippen LogP contribution >= 0.6 is 0 Å². The standard InChI is InChI=1S/C16H20N2O/c1-13-6-8-14(9-7-13)12-18-10-11-19-16-5-3-2-4-15(16)17/h2-9,18H,10-12,17H2,1H3. The number of anilines is 1. The van der Waals surface area contributed by atoms with Crippen LogP contribution in [-0.2, 0) is 6.54 Å². The van der Waals surface area contributed by atoms with Gasteiger partial charge in [-0.25, -0.2) is 0 Å². The van der Waals surface area contributed by atoms with E-state index in [0.29, 0.717) is 12.3 Å². The zero-order valence-electron chi connectivity index (χ0n) is 11.2. The van der Waals surface area contributed by atoms with E-state index in [1.165, 1.54) is 11.1 Å². The highest BCUT2D eigenvalue weighted by Gasteiger charge is 1.97. The second-order valence-corrected chi connectivity index (χ2v) is 4.55. The summed E-state index contributed by atoms with van der Waals surface area (Å²) in [4.78, 5) is 0. The molecule has 0 atom stereocenters. The minimum absolute atomic E-state index is 0.611. The van der Waals surface area contributed by atoms with Gasteiger partial charge in [-0.15, -0.1) is 0 Å². The summed E-state index contributed by atoms with van der Waals surface area (Å²) in [5.74, 6) is 0.750. The molecule has 0 spiro atoms. The number of para-hydroxylation sites is 2. The number of nitrogens with two attached hydrogens (primary N) is 1. The van der Waals surface area contributed by atoms with Crippen LogP contribution in [0.4, 0.5) is 5.69 Å². The second-order valence-electron chi connectivity index (χ2n) is 4.55. The molecule has 3 nitrogen and oxygen atoms in total. The first-order valence-electron chi connectivity index (χ1n) is 6.49. The van der Waals surface area contributed by atoms with E-state index >= 15 is 0 Å². The van der Waals surface area contributed by atoms with E-state index in [0.717, 1.165) is 18.8 Å². The lowest BCUT2D eigenvalue weighted by Gasteiger charge is -2.09. The number of nitrogens with one attached hydrogen (secondary N) is 1. The lowest BCUT2D eigenvalue weighted by Crippen LogP contribution is -2.20. The summed E-state index contributed by atoms with van der Waals surface area (Å²) in [5, 5.41) is 3.35. The van der Waals surface area contributed by atoms with Gasteiger partial charge in [-0.3, -0.25) is 0 Å². The molecule has 0 aliphatic carbocycles. The summed E-state index contributed by atoms with van der Waals surface area (Å²) in [6, 6.07) is 16.1. The van der Waals surface area contributed by atoms with Crippen molar-refractivity contribution in [2.24, 2.45) is 0 Å². The summed E-state index contributed by atoms with van der Waals surface area (Å²) in [5.41, 5.74) is 9.04. The average Bonchev–Trinajstić information content (AvgIpc) is 2.42. The molecule has 0 saturated carbocycles. The van der Waals surface area contributed by atoms with Gasteiger partial charge >= 0.3 is 0 Å². The van der Waals surface area contributed by atoms with Crippen LogP contribution in [0, 0.1) is 6.92 Å². The average molecular weight is 256 g/mol. The molecule has 3 heteroatoms. The molecule has 0 amide bonds. The lowest BCUT2D eigenvalue weighted by molar-refractivity contribution is 0.315. The van der Waals surface area contributed by atoms with Gasteiger partial charge in [-0.05, 0) is 24.6 Å². The van der Waals surface area contributed by atoms with Crippen LogP contribution in [0.25, 0.3) is 0 Å². The molecule has 2 aromatic rings. The zero-order valence-corrected chi connectivity index (χ0v) is 11.2. The molecule has 19 heavy (non-hydrogen) atoms. The van der Waals surface area contributed by atoms with Crippen molar-refractivity contribution in [2.75, 3.05) is 18.9 Å². The third-order valence-electron chi connectivity index (χ3n) is 2.91. The minimum Gasteiger partial charge on any atom is -0.490 e. The highest BCUT2D eigenvalue weighted by molar-refractivity contribution is 5.51. The van der Waals surface area contributed by atoms with Crippen molar-refractivity contribution in [3.05, 3.63) is 59.7 Å². The van der Waals surface area contributed by atoms with Gasteiger partial charge in [0, 0.05) is 13.1 Å². The van der Waals surface area contributed by atoms with Crippen molar-refractivity contribution in [2.45, 2.75) is 13.5 Å². The molecule has 0 fully saturated rings. The fraction of sp³-hybridized carbons (Fsp3) is 0.250. The van der Waals surface area contributed by atoms with Crippen LogP contribution < -0.4 is 15.8 Å². The van der Waals surface area contributed by atoms with Gasteiger partial charge in [0.1, 0.15) is 12.4 Å². The van der Waals surface area contributed by atoms with E-state index in [-0.39, 0.29) is 0 Å². The molecule has 0 saturated heterocycles. The molecule has 0 aromatic heterocycles. The van der Waals surface area contributed by atoms with Crippen molar-refractivity contribution in [1.82, 2.24) is 5.32 Å². The Morgan fingerprint density at radius 2 is 1.79 bits per heavy atom. The fourth-order valence-corrected chi connectivity index (χ4v) is 1.78. The van der Waals surface area contributed by atoms with Crippen LogP contribution in [0.5, 0.6) is 5.75 Å². The Morgan fingerprint density at radius 1 is 1.05 bits per heavy atom. The Kier molecular flexibility index (Phi) is 4.81. The van der Waals surface area contributed by atoms with Gasteiger partial charge in [0.2, 0.25) is 0 Å². The second kappa shape index (κ2) is 6.81. The maximum absolute atomic E-state index is 5.80. The topological polar surface area (TPSA) is 47.3 Å². The Balaban J connectivity index is 1.67. The Labute approximate surface area is 114 Å². The van der Waals surface area contributed by atoms with Crippen molar-refractivity contribution in [1.29, 1.82) is 0 Å². The molecule has 3 N–H and O–H groups in total. The van der Waals surface area contributed by atoms with E-state index < -0.39 is 0 Å². The monoisotopic (exact) mass is 256 g/mol. The zero-order chi connectivity index (χ0) is 13.5. The molecule has 0 heterocycles. The SMILES string of the molecule is Cc1ccc(CNCCOc2ccccc2N)cc1. The van der Waals surface area contributed by atoms with E-state index in [4.69, 9.17) is 10.5 Å². The van der Waals surface area contributed by atoms with Gasteiger partial charge in [-0.1, -0.05) is 42.0 Å². The quantitative estimate of drug-likeness (QED) is 0.617. The molecule has 0 bridgehead atoms. The smallest absolute Gasteiger partial charge is 0.142 e. The molecule has 0 aliphatic rings. The molecule has 2 aromatic carbocycles. The number of aryl methyl sites for hydroxylation is 1. The minimum atomic E-state index is 0.611. The Hall–Kier alpha value is -2.00. The molecule has 0 aliphatic heterocycles. The maximum Gasteiger partial charge on any atom is 0.142 e. The van der Waals surface area contributed by atoms with Gasteiger partial charge in [0.05, 0.1) is 5.69 Å². The molecular weight excluding hydrogens is 236 g/mol. The lowest BCUT2D eigenvalue weighted by atomic mass is 10.1. The van der Waals surface area contributed by atoms with Crippen molar-refractivity contribution in [3.63, 3.8) is 0 Å². The van der Waals surface area contributed by atoms with Crippen molar-refractivity contribution >= 4 is 5.69 Å². The van der Waals surface area contributed by atoms with Crippen LogP contribution in [0.3, 0.4) is 0 Å². The van der Waals surface area contributed by atoms with Gasteiger partial charge < -0.3 is 15.8 Å². The molecule has 0 radical (unpaired) electrons. The first kappa shape index (κ1) is 13.4. The van der Waals surface area contributed by atoms with E-state index in [1.54, 1.807) is 0 Å². The highest BCUT2D eigenvalue weighted by Crippen LogP contribution is 2.19. The Bertz CT molecular complexity index is 508. The maximum atomic E-state index is 5.80. The summed E-state index contributed by atoms with van der Waals surface area (Å²) in [6.07, 6.45) is 0. The van der Waals surface area contributed by atoms with E-state index in [1.807, 2.05) is 24.3 Å². The third kappa shape index (κ3) is 4.30. The van der Waals surface area contributed by atoms with Crippen LogP contribution in [0.15, 0.2) is 48.5 Å². The number of hydrogen-bond donors (Lipinski definition) is 2. The van der Waals surface area contributed by atoms with Crippen LogP contribution in [0.1, 0.15) is 11.1 Å². The predicted octanol–water partition coefficient (Wildman–Crippen LogP) is 2.75. The summed E-state index contributed by atoms with van der Waals surface area (Å²) in [6.45, 7) is 4.35. The first-order chi connectivity index (χ1) is 9.25. The van der Waals surface area contributed by atoms with Gasteiger partial charge in [0.15, 0.2) is 0 Å². The van der Waals surface area contributed by atoms with E-state index in [9.17, 15) is 0 Å². The first-order valence-corrected chi connectivity index (χ1v) is 6.49. The molecule has 100 valence electrons. The number of benzene rings is 2. The number of hydrogen-bond acceptors (Lipinski definition) is 3. The highest BCUT2D eigenvalue weighted by atomic mass is 16.5. The van der Waals surface area contributed by atoms with Gasteiger partial charge in [0.25, 0.3) is 0 Å². The van der Waals surface area contributed by atoms with Gasteiger partial charge in [-0.2, -0.15) is 0 Å². The van der Waals surface area contributed by atoms with Crippen LogP contribution in [0.2, 0.25) is 0 Å². The third-order valence-corrected chi connectivity index (χ3v) is 2.91. The summed E-state index contributed by atoms with van der Waals surface area (Å²) in [7, 11) is 0. The summed E-state index contributed by atoms with van der Waals surface area (Å²) < 4.78 is 5.61. The van der Waals surface area contributed by atoms with E-state index in [2.05, 4.69) is 36.5 Å². The molecule has 0 unspecified atom stereocenters. The summed E-state index contributed by atoms with van der Waals surface area (Å²) >= 11 is 0. The number of rotatable bonds is 6. The predicted molar refractivity (Wildman–Crippen MR) is 79.2 cm³/mol. The normalized spacial score (nSPS) is 10.4. The Morgan fingerprint density at radius 3 is 2.53 bits per heavy atom. The molecular formula is C16H20N2O. The largest absolute Gasteiger partial charge is 0.490 e. The molecule has 2 rings (SSSR count). The van der Waals surface area contributed by atoms with Crippen LogP contribution in [-0.4, -0.2) is 13.2 Å². The number of nitrogen functional groups attached to an aromatic ring is 1. The van der Waals surface area contributed by atoms with Crippen molar-refractivity contribution in [3.8, 4) is 5.75 Å².